The van der Waals surface area contributed by atoms with Crippen LogP contribution in [0.15, 0.2) is 54.6 Å². The number of thioether (sulfide) groups is 1. The molecule has 3 unspecified atom stereocenters. The van der Waals surface area contributed by atoms with Gasteiger partial charge in [0.25, 0.3) is 0 Å². The Balaban J connectivity index is 2.64. The van der Waals surface area contributed by atoms with Crippen LogP contribution in [-0.4, -0.2) is 70.6 Å². The molecule has 0 saturated carbocycles. The first-order valence-corrected chi connectivity index (χ1v) is 18.4. The molecule has 0 saturated heterocycles. The van der Waals surface area contributed by atoms with E-state index in [0.29, 0.717) is 29.7 Å². The molecule has 9 nitrogen and oxygen atoms in total. The summed E-state index contributed by atoms with van der Waals surface area (Å²) < 4.78 is 11.2. The minimum absolute atomic E-state index is 0.186. The van der Waals surface area contributed by atoms with E-state index < -0.39 is 53.2 Å². The number of rotatable bonds is 17. The van der Waals surface area contributed by atoms with Gasteiger partial charge in [0.2, 0.25) is 11.8 Å². The standard InChI is InChI=1S/C39H55N3O6S/c1-10-12-13-17-25-42(35(44)31(24-26-49-9)41-37(46)48-39(6,7)8)33(30-22-20-28(11-2)21-23-30)34(43)40-32(36(45)47-38(3,4)5)27-29-18-15-14-16-19-29/h2,14-16,18-23,31-33H,10,12-13,17,24-27H2,1,3-9H3,(H,40,43)(H,41,46). The second kappa shape index (κ2) is 19.9. The van der Waals surface area contributed by atoms with E-state index in [1.807, 2.05) is 36.6 Å². The summed E-state index contributed by atoms with van der Waals surface area (Å²) in [5, 5.41) is 5.72. The molecule has 3 atom stereocenters. The molecule has 268 valence electrons. The van der Waals surface area contributed by atoms with Crippen LogP contribution < -0.4 is 10.6 Å². The predicted molar refractivity (Wildman–Crippen MR) is 197 cm³/mol. The van der Waals surface area contributed by atoms with E-state index in [9.17, 15) is 19.2 Å². The maximum Gasteiger partial charge on any atom is 0.408 e. The highest BCUT2D eigenvalue weighted by atomic mass is 32.2. The van der Waals surface area contributed by atoms with Crippen molar-refractivity contribution in [2.45, 2.75) is 116 Å². The van der Waals surface area contributed by atoms with Crippen LogP contribution in [0.4, 0.5) is 4.79 Å². The molecule has 3 amide bonds. The minimum atomic E-state index is -1.14. The highest BCUT2D eigenvalue weighted by Crippen LogP contribution is 2.26. The van der Waals surface area contributed by atoms with E-state index in [0.717, 1.165) is 24.8 Å². The lowest BCUT2D eigenvalue weighted by atomic mass is 9.99. The summed E-state index contributed by atoms with van der Waals surface area (Å²) in [5.74, 6) is 1.62. The number of hydrogen-bond donors (Lipinski definition) is 2. The van der Waals surface area contributed by atoms with Crippen LogP contribution in [0.3, 0.4) is 0 Å². The quantitative estimate of drug-likeness (QED) is 0.106. The normalized spacial score (nSPS) is 13.3. The monoisotopic (exact) mass is 693 g/mol. The number of terminal acetylenes is 1. The number of esters is 1. The lowest BCUT2D eigenvalue weighted by molar-refractivity contribution is -0.159. The van der Waals surface area contributed by atoms with Crippen molar-refractivity contribution in [3.63, 3.8) is 0 Å². The number of carbonyl (C=O) groups excluding carboxylic acids is 4. The summed E-state index contributed by atoms with van der Waals surface area (Å²) in [6.45, 7) is 12.9. The number of ether oxygens (including phenoxy) is 2. The molecule has 0 spiro atoms. The fraction of sp³-hybridized carbons (Fsp3) is 0.538. The van der Waals surface area contributed by atoms with E-state index in [1.54, 1.807) is 77.6 Å². The third-order valence-corrected chi connectivity index (χ3v) is 8.02. The Morgan fingerprint density at radius 1 is 0.857 bits per heavy atom. The van der Waals surface area contributed by atoms with Gasteiger partial charge < -0.3 is 25.0 Å². The van der Waals surface area contributed by atoms with Crippen LogP contribution in [0, 0.1) is 12.3 Å². The highest BCUT2D eigenvalue weighted by molar-refractivity contribution is 7.98. The zero-order valence-corrected chi connectivity index (χ0v) is 31.3. The second-order valence-corrected chi connectivity index (χ2v) is 15.0. The fourth-order valence-electron chi connectivity index (χ4n) is 5.12. The number of alkyl carbamates (subject to hydrolysis) is 1. The smallest absolute Gasteiger partial charge is 0.408 e. The van der Waals surface area contributed by atoms with Gasteiger partial charge in [0, 0.05) is 18.5 Å². The van der Waals surface area contributed by atoms with Crippen LogP contribution in [-0.2, 0) is 30.3 Å². The van der Waals surface area contributed by atoms with Gasteiger partial charge in [-0.3, -0.25) is 9.59 Å². The molecule has 0 aromatic heterocycles. The van der Waals surface area contributed by atoms with Crippen molar-refractivity contribution < 1.29 is 28.7 Å². The predicted octanol–water partition coefficient (Wildman–Crippen LogP) is 6.83. The average molecular weight is 694 g/mol. The van der Waals surface area contributed by atoms with E-state index in [-0.39, 0.29) is 13.0 Å². The van der Waals surface area contributed by atoms with Crippen molar-refractivity contribution in [1.29, 1.82) is 0 Å². The summed E-state index contributed by atoms with van der Waals surface area (Å²) in [6.07, 6.45) is 10.8. The Labute approximate surface area is 297 Å². The van der Waals surface area contributed by atoms with Crippen LogP contribution in [0.1, 0.15) is 103 Å². The van der Waals surface area contributed by atoms with Crippen molar-refractivity contribution in [3.05, 3.63) is 71.3 Å². The fourth-order valence-corrected chi connectivity index (χ4v) is 5.59. The Kier molecular flexibility index (Phi) is 16.7. The molecule has 0 aliphatic rings. The molecule has 49 heavy (non-hydrogen) atoms. The van der Waals surface area contributed by atoms with Crippen LogP contribution in [0.5, 0.6) is 0 Å². The molecule has 2 rings (SSSR count). The van der Waals surface area contributed by atoms with Crippen LogP contribution in [0.25, 0.3) is 0 Å². The Hall–Kier alpha value is -3.97. The van der Waals surface area contributed by atoms with Gasteiger partial charge in [-0.15, -0.1) is 6.42 Å². The van der Waals surface area contributed by atoms with E-state index >= 15 is 0 Å². The summed E-state index contributed by atoms with van der Waals surface area (Å²) in [7, 11) is 0. The molecule has 0 bridgehead atoms. The average Bonchev–Trinajstić information content (AvgIpc) is 3.02. The number of benzene rings is 2. The van der Waals surface area contributed by atoms with Crippen molar-refractivity contribution in [2.75, 3.05) is 18.6 Å². The molecular weight excluding hydrogens is 639 g/mol. The number of nitrogens with one attached hydrogen (secondary N) is 2. The molecule has 0 heterocycles. The highest BCUT2D eigenvalue weighted by Gasteiger charge is 2.38. The molecular formula is C39H55N3O6S. The second-order valence-electron chi connectivity index (χ2n) is 14.0. The minimum Gasteiger partial charge on any atom is -0.458 e. The van der Waals surface area contributed by atoms with Gasteiger partial charge in [0.05, 0.1) is 0 Å². The van der Waals surface area contributed by atoms with Crippen molar-refractivity contribution in [3.8, 4) is 12.3 Å². The van der Waals surface area contributed by atoms with Crippen molar-refractivity contribution in [1.82, 2.24) is 15.5 Å². The maximum atomic E-state index is 14.6. The Morgan fingerprint density at radius 2 is 1.49 bits per heavy atom. The molecule has 10 heteroatoms. The Bertz CT molecular complexity index is 1390. The number of hydrogen-bond acceptors (Lipinski definition) is 7. The largest absolute Gasteiger partial charge is 0.458 e. The van der Waals surface area contributed by atoms with Gasteiger partial charge in [-0.05, 0) is 89.7 Å². The summed E-state index contributed by atoms with van der Waals surface area (Å²) in [5.41, 5.74) is 0.404. The molecule has 0 aliphatic carbocycles. The summed E-state index contributed by atoms with van der Waals surface area (Å²) >= 11 is 1.54. The first kappa shape index (κ1) is 41.2. The van der Waals surface area contributed by atoms with E-state index in [1.165, 1.54) is 4.90 Å². The zero-order valence-electron chi connectivity index (χ0n) is 30.5. The van der Waals surface area contributed by atoms with Gasteiger partial charge in [0.15, 0.2) is 0 Å². The van der Waals surface area contributed by atoms with Crippen molar-refractivity contribution >= 4 is 35.6 Å². The third kappa shape index (κ3) is 15.0. The van der Waals surface area contributed by atoms with E-state index in [2.05, 4.69) is 23.5 Å². The van der Waals surface area contributed by atoms with Gasteiger partial charge >= 0.3 is 12.1 Å². The van der Waals surface area contributed by atoms with Crippen molar-refractivity contribution in [2.24, 2.45) is 0 Å². The molecule has 0 radical (unpaired) electrons. The SMILES string of the molecule is C#Cc1ccc(C(C(=O)NC(Cc2ccccc2)C(=O)OC(C)(C)C)N(CCCCCC)C(=O)C(CCSC)NC(=O)OC(C)(C)C)cc1. The molecule has 2 aromatic rings. The van der Waals surface area contributed by atoms with Crippen LogP contribution in [0.2, 0.25) is 0 Å². The molecule has 2 N–H and O–H groups in total. The summed E-state index contributed by atoms with van der Waals surface area (Å²) in [6, 6.07) is 13.1. The lowest BCUT2D eigenvalue weighted by Gasteiger charge is -2.35. The van der Waals surface area contributed by atoms with Gasteiger partial charge in [-0.2, -0.15) is 11.8 Å². The first-order chi connectivity index (χ1) is 23.1. The van der Waals surface area contributed by atoms with E-state index in [4.69, 9.17) is 15.9 Å². The topological polar surface area (TPSA) is 114 Å². The maximum absolute atomic E-state index is 14.6. The number of unbranched alkanes of at least 4 members (excludes halogenated alkanes) is 3. The first-order valence-electron chi connectivity index (χ1n) is 17.0. The van der Waals surface area contributed by atoms with Gasteiger partial charge in [-0.25, -0.2) is 9.59 Å². The number of carbonyl (C=O) groups is 4. The lowest BCUT2D eigenvalue weighted by Crippen LogP contribution is -2.55. The molecule has 2 aromatic carbocycles. The molecule has 0 fully saturated rings. The van der Waals surface area contributed by atoms with Crippen LogP contribution >= 0.6 is 11.8 Å². The van der Waals surface area contributed by atoms with Gasteiger partial charge in [-0.1, -0.05) is 74.6 Å². The number of nitrogens with zero attached hydrogens (tertiary/aromatic N) is 1. The molecule has 0 aliphatic heterocycles. The number of amides is 3. The third-order valence-electron chi connectivity index (χ3n) is 7.38. The summed E-state index contributed by atoms with van der Waals surface area (Å²) in [4.78, 5) is 57.2. The Morgan fingerprint density at radius 3 is 2.04 bits per heavy atom. The zero-order chi connectivity index (χ0) is 36.6. The van der Waals surface area contributed by atoms with Gasteiger partial charge in [0.1, 0.15) is 29.3 Å².